The summed E-state index contributed by atoms with van der Waals surface area (Å²) in [6, 6.07) is 15.1. The number of hydrogen-bond donors (Lipinski definition) is 2. The number of fused-ring (bicyclic) bond motifs is 1. The number of nitrogens with one attached hydrogen (secondary N) is 2. The lowest BCUT2D eigenvalue weighted by Crippen LogP contribution is -2.40. The lowest BCUT2D eigenvalue weighted by Gasteiger charge is -2.20. The highest BCUT2D eigenvalue weighted by Gasteiger charge is 2.24. The van der Waals surface area contributed by atoms with Gasteiger partial charge in [-0.1, -0.05) is 25.5 Å². The second kappa shape index (κ2) is 9.93. The molecule has 186 valence electrons. The summed E-state index contributed by atoms with van der Waals surface area (Å²) in [6.07, 6.45) is 1.54. The predicted molar refractivity (Wildman–Crippen MR) is 139 cm³/mol. The molecule has 0 aliphatic heterocycles. The van der Waals surface area contributed by atoms with Crippen LogP contribution in [0.3, 0.4) is 0 Å². The van der Waals surface area contributed by atoms with Crippen molar-refractivity contribution < 1.29 is 18.4 Å². The van der Waals surface area contributed by atoms with Gasteiger partial charge in [0.15, 0.2) is 0 Å². The second-order valence-electron chi connectivity index (χ2n) is 9.76. The molecule has 2 aromatic heterocycles. The van der Waals surface area contributed by atoms with Crippen LogP contribution in [0.25, 0.3) is 33.6 Å². The molecule has 2 N–H and O–H groups in total. The molecule has 2 heterocycles. The summed E-state index contributed by atoms with van der Waals surface area (Å²) in [5.41, 5.74) is 3.87. The minimum absolute atomic E-state index is 0.164. The van der Waals surface area contributed by atoms with Crippen molar-refractivity contribution in [3.8, 4) is 22.5 Å². The zero-order valence-electron chi connectivity index (χ0n) is 21.2. The molecule has 0 aliphatic rings. The molecule has 0 fully saturated rings. The molecule has 36 heavy (non-hydrogen) atoms. The van der Waals surface area contributed by atoms with E-state index in [9.17, 15) is 14.0 Å². The molecule has 4 rings (SSSR count). The van der Waals surface area contributed by atoms with Crippen molar-refractivity contribution in [3.63, 3.8) is 0 Å². The fourth-order valence-electron chi connectivity index (χ4n) is 4.13. The normalized spacial score (nSPS) is 11.5. The third kappa shape index (κ3) is 5.15. The monoisotopic (exact) mass is 487 g/mol. The van der Waals surface area contributed by atoms with E-state index in [0.717, 1.165) is 23.2 Å². The van der Waals surface area contributed by atoms with Gasteiger partial charge >= 0.3 is 0 Å². The Labute approximate surface area is 209 Å². The summed E-state index contributed by atoms with van der Waals surface area (Å²) in [6.45, 7) is 7.86. The Morgan fingerprint density at radius 2 is 1.72 bits per heavy atom. The van der Waals surface area contributed by atoms with Gasteiger partial charge in [0, 0.05) is 29.3 Å². The number of carbonyl (C=O) groups excluding carboxylic acids is 2. The Morgan fingerprint density at radius 1 is 1.00 bits per heavy atom. The first-order chi connectivity index (χ1) is 17.1. The smallest absolute Gasteiger partial charge is 0.255 e. The van der Waals surface area contributed by atoms with E-state index in [2.05, 4.69) is 17.6 Å². The van der Waals surface area contributed by atoms with Crippen LogP contribution in [0.1, 0.15) is 60.5 Å². The van der Waals surface area contributed by atoms with E-state index in [1.807, 2.05) is 45.0 Å². The summed E-state index contributed by atoms with van der Waals surface area (Å²) in [5.74, 6) is -0.544. The standard InChI is InChI=1S/C29H30FN3O3/c1-6-8-23-21(18-9-7-10-19(15-18)26(34)33-29(2,3)4)16-22-24(27(35)31-5)25(36-28(22)32-23)17-11-13-20(30)14-12-17/h7,9-16H,6,8H2,1-5H3,(H,31,35)(H,33,34). The number of furan rings is 1. The molecule has 0 bridgehead atoms. The second-order valence-corrected chi connectivity index (χ2v) is 9.76. The molecule has 7 heteroatoms. The Morgan fingerprint density at radius 3 is 2.36 bits per heavy atom. The topological polar surface area (TPSA) is 84.2 Å². The molecule has 0 aliphatic carbocycles. The first-order valence-electron chi connectivity index (χ1n) is 12.0. The predicted octanol–water partition coefficient (Wildman–Crippen LogP) is 6.14. The number of carbonyl (C=O) groups is 2. The number of aromatic nitrogens is 1. The van der Waals surface area contributed by atoms with Gasteiger partial charge in [-0.3, -0.25) is 9.59 Å². The highest BCUT2D eigenvalue weighted by Crippen LogP contribution is 2.37. The maximum atomic E-state index is 13.5. The van der Waals surface area contributed by atoms with Gasteiger partial charge in [0.1, 0.15) is 11.6 Å². The molecule has 6 nitrogen and oxygen atoms in total. The molecular formula is C29H30FN3O3. The maximum Gasteiger partial charge on any atom is 0.255 e. The number of pyridine rings is 1. The Bertz CT molecular complexity index is 1430. The van der Waals surface area contributed by atoms with Crippen LogP contribution in [0, 0.1) is 5.82 Å². The lowest BCUT2D eigenvalue weighted by atomic mass is 9.96. The third-order valence-electron chi connectivity index (χ3n) is 5.73. The number of rotatable bonds is 6. The van der Waals surface area contributed by atoms with Crippen LogP contribution in [0.4, 0.5) is 4.39 Å². The van der Waals surface area contributed by atoms with Crippen molar-refractivity contribution in [1.82, 2.24) is 15.6 Å². The molecule has 4 aromatic rings. The van der Waals surface area contributed by atoms with Gasteiger partial charge in [-0.25, -0.2) is 9.37 Å². The molecule has 0 spiro atoms. The Balaban J connectivity index is 1.92. The van der Waals surface area contributed by atoms with Crippen LogP contribution in [0.15, 0.2) is 59.0 Å². The minimum Gasteiger partial charge on any atom is -0.437 e. The number of halogens is 1. The van der Waals surface area contributed by atoms with Crippen LogP contribution >= 0.6 is 0 Å². The molecular weight excluding hydrogens is 457 g/mol. The van der Waals surface area contributed by atoms with Gasteiger partial charge in [-0.2, -0.15) is 0 Å². The molecule has 0 saturated heterocycles. The molecule has 2 amide bonds. The molecule has 0 atom stereocenters. The fraction of sp³-hybridized carbons (Fsp3) is 0.276. The minimum atomic E-state index is -0.377. The fourth-order valence-corrected chi connectivity index (χ4v) is 4.13. The van der Waals surface area contributed by atoms with Crippen LogP contribution in [-0.4, -0.2) is 29.4 Å². The van der Waals surface area contributed by atoms with Crippen molar-refractivity contribution >= 4 is 22.9 Å². The van der Waals surface area contributed by atoms with E-state index >= 15 is 0 Å². The van der Waals surface area contributed by atoms with E-state index in [4.69, 9.17) is 9.40 Å². The van der Waals surface area contributed by atoms with Crippen LogP contribution in [0.2, 0.25) is 0 Å². The van der Waals surface area contributed by atoms with Gasteiger partial charge < -0.3 is 15.1 Å². The molecule has 2 aromatic carbocycles. The van der Waals surface area contributed by atoms with Crippen molar-refractivity contribution in [2.75, 3.05) is 7.05 Å². The first-order valence-corrected chi connectivity index (χ1v) is 12.0. The van der Waals surface area contributed by atoms with Crippen molar-refractivity contribution in [2.45, 2.75) is 46.1 Å². The summed E-state index contributed by atoms with van der Waals surface area (Å²) < 4.78 is 19.6. The number of benzene rings is 2. The van der Waals surface area contributed by atoms with Gasteiger partial charge in [-0.15, -0.1) is 0 Å². The van der Waals surface area contributed by atoms with Crippen molar-refractivity contribution in [3.05, 3.63) is 77.2 Å². The van der Waals surface area contributed by atoms with Gasteiger partial charge in [0.05, 0.1) is 16.6 Å². The molecule has 0 saturated carbocycles. The lowest BCUT2D eigenvalue weighted by molar-refractivity contribution is 0.0918. The molecule has 0 unspecified atom stereocenters. The zero-order chi connectivity index (χ0) is 26.0. The summed E-state index contributed by atoms with van der Waals surface area (Å²) in [7, 11) is 1.55. The van der Waals surface area contributed by atoms with E-state index in [-0.39, 0.29) is 23.2 Å². The van der Waals surface area contributed by atoms with Crippen LogP contribution in [0.5, 0.6) is 0 Å². The summed E-state index contributed by atoms with van der Waals surface area (Å²) in [4.78, 5) is 30.6. The summed E-state index contributed by atoms with van der Waals surface area (Å²) in [5, 5.41) is 6.21. The number of hydrogen-bond acceptors (Lipinski definition) is 4. The maximum absolute atomic E-state index is 13.5. The van der Waals surface area contributed by atoms with Crippen molar-refractivity contribution in [1.29, 1.82) is 0 Å². The largest absolute Gasteiger partial charge is 0.437 e. The van der Waals surface area contributed by atoms with Gasteiger partial charge in [0.25, 0.3) is 11.8 Å². The average Bonchev–Trinajstić information content (AvgIpc) is 3.21. The average molecular weight is 488 g/mol. The van der Waals surface area contributed by atoms with E-state index < -0.39 is 0 Å². The highest BCUT2D eigenvalue weighted by molar-refractivity contribution is 6.11. The third-order valence-corrected chi connectivity index (χ3v) is 5.73. The molecule has 0 radical (unpaired) electrons. The van der Waals surface area contributed by atoms with Gasteiger partial charge in [0.2, 0.25) is 5.71 Å². The quantitative estimate of drug-likeness (QED) is 0.342. The Kier molecular flexibility index (Phi) is 6.93. The highest BCUT2D eigenvalue weighted by atomic mass is 19.1. The van der Waals surface area contributed by atoms with E-state index in [0.29, 0.717) is 40.0 Å². The zero-order valence-corrected chi connectivity index (χ0v) is 21.2. The van der Waals surface area contributed by atoms with E-state index in [1.165, 1.54) is 12.1 Å². The van der Waals surface area contributed by atoms with E-state index in [1.54, 1.807) is 25.2 Å². The number of aryl methyl sites for hydroxylation is 1. The van der Waals surface area contributed by atoms with Gasteiger partial charge in [-0.05, 0) is 75.2 Å². The Hall–Kier alpha value is -4.00. The van der Waals surface area contributed by atoms with Crippen molar-refractivity contribution in [2.24, 2.45) is 0 Å². The van der Waals surface area contributed by atoms with Crippen LogP contribution in [-0.2, 0) is 6.42 Å². The number of amides is 2. The summed E-state index contributed by atoms with van der Waals surface area (Å²) >= 11 is 0. The first kappa shape index (κ1) is 25.1. The van der Waals surface area contributed by atoms with Crippen LogP contribution < -0.4 is 10.6 Å². The number of nitrogens with zero attached hydrogens (tertiary/aromatic N) is 1. The SMILES string of the molecule is CCCc1nc2oc(-c3ccc(F)cc3)c(C(=O)NC)c2cc1-c1cccc(C(=O)NC(C)(C)C)c1.